The van der Waals surface area contributed by atoms with Gasteiger partial charge in [-0.2, -0.15) is 9.98 Å². The number of sulfonamides is 1. The number of rotatable bonds is 6. The number of benzene rings is 1. The average molecular weight is 657 g/mol. The molecule has 1 N–H and O–H groups in total. The molecule has 2 saturated heterocycles. The summed E-state index contributed by atoms with van der Waals surface area (Å²) in [5.41, 5.74) is 0.395. The van der Waals surface area contributed by atoms with E-state index in [0.29, 0.717) is 85.1 Å². The van der Waals surface area contributed by atoms with Crippen LogP contribution < -0.4 is 4.72 Å². The Bertz CT molecular complexity index is 1940. The van der Waals surface area contributed by atoms with E-state index >= 15 is 0 Å². The van der Waals surface area contributed by atoms with Crippen molar-refractivity contribution in [2.45, 2.75) is 48.5 Å². The number of nitrogens with zero attached hydrogens (tertiary/aromatic N) is 9. The number of carbonyl (C=O) groups is 1. The lowest BCUT2D eigenvalue weighted by atomic mass is 9.91. The Labute approximate surface area is 261 Å². The van der Waals surface area contributed by atoms with Crippen molar-refractivity contribution < 1.29 is 22.0 Å². The Morgan fingerprint density at radius 2 is 1.80 bits per heavy atom. The smallest absolute Gasteiger partial charge is 0.320 e. The monoisotopic (exact) mass is 656 g/mol. The van der Waals surface area contributed by atoms with Crippen LogP contribution in [0.25, 0.3) is 27.1 Å². The van der Waals surface area contributed by atoms with Gasteiger partial charge in [0, 0.05) is 56.0 Å². The van der Waals surface area contributed by atoms with Gasteiger partial charge in [-0.25, -0.2) is 32.0 Å². The third-order valence-corrected chi connectivity index (χ3v) is 11.3. The van der Waals surface area contributed by atoms with Gasteiger partial charge in [0.1, 0.15) is 11.9 Å². The molecule has 3 fully saturated rings. The van der Waals surface area contributed by atoms with Gasteiger partial charge in [0.05, 0.1) is 22.2 Å². The maximum Gasteiger partial charge on any atom is 0.320 e. The minimum Gasteiger partial charge on any atom is -0.325 e. The second-order valence-electron chi connectivity index (χ2n) is 11.8. The van der Waals surface area contributed by atoms with Gasteiger partial charge >= 0.3 is 6.03 Å². The van der Waals surface area contributed by atoms with E-state index in [-0.39, 0.29) is 22.0 Å². The van der Waals surface area contributed by atoms with E-state index in [4.69, 9.17) is 0 Å². The second-order valence-corrected chi connectivity index (χ2v) is 14.5. The van der Waals surface area contributed by atoms with E-state index in [1.165, 1.54) is 18.5 Å². The van der Waals surface area contributed by atoms with Gasteiger partial charge in [-0.1, -0.05) is 17.4 Å². The highest BCUT2D eigenvalue weighted by Crippen LogP contribution is 2.41. The predicted molar refractivity (Wildman–Crippen MR) is 161 cm³/mol. The highest BCUT2D eigenvalue weighted by Gasteiger charge is 2.47. The zero-order valence-electron chi connectivity index (χ0n) is 24.4. The van der Waals surface area contributed by atoms with Crippen LogP contribution >= 0.6 is 11.3 Å². The molecule has 0 bridgehead atoms. The van der Waals surface area contributed by atoms with E-state index in [2.05, 4.69) is 29.8 Å². The molecule has 1 saturated carbocycles. The molecule has 1 aliphatic carbocycles. The molecule has 1 aromatic carbocycles. The lowest BCUT2D eigenvalue weighted by Gasteiger charge is -2.38. The van der Waals surface area contributed by atoms with Crippen molar-refractivity contribution in [2.24, 2.45) is 0 Å². The molecule has 2 aliphatic heterocycles. The van der Waals surface area contributed by atoms with Gasteiger partial charge in [-0.15, -0.1) is 10.2 Å². The van der Waals surface area contributed by atoms with Crippen molar-refractivity contribution in [2.75, 3.05) is 46.3 Å². The maximum atomic E-state index is 13.5. The van der Waals surface area contributed by atoms with Gasteiger partial charge in [-0.3, -0.25) is 4.57 Å². The summed E-state index contributed by atoms with van der Waals surface area (Å²) < 4.78 is 57.7. The zero-order valence-corrected chi connectivity index (χ0v) is 26.0. The number of halogens is 2. The van der Waals surface area contributed by atoms with Gasteiger partial charge in [0.15, 0.2) is 10.7 Å². The SMILES string of the molecule is CN1CCN(C(=O)N2CCC(c3ncnc4c3c3ccc(S(=O)(=O)NC5(C#N)CC5)cc3n4-c3nnc(C(F)F)s3)CC2)CC1. The van der Waals surface area contributed by atoms with E-state index < -0.39 is 27.0 Å². The third-order valence-electron chi connectivity index (χ3n) is 8.89. The van der Waals surface area contributed by atoms with Crippen LogP contribution in [0.1, 0.15) is 48.7 Å². The minimum absolute atomic E-state index is 0.0208. The molecule has 5 heterocycles. The highest BCUT2D eigenvalue weighted by atomic mass is 32.2. The Kier molecular flexibility index (Phi) is 7.42. The van der Waals surface area contributed by atoms with Crippen LogP contribution in [-0.2, 0) is 10.0 Å². The number of piperazine rings is 1. The third kappa shape index (κ3) is 5.39. The summed E-state index contributed by atoms with van der Waals surface area (Å²) >= 11 is 0.694. The average Bonchev–Trinajstić information content (AvgIpc) is 3.48. The quantitative estimate of drug-likeness (QED) is 0.330. The molecular weight excluding hydrogens is 627 g/mol. The van der Waals surface area contributed by atoms with Crippen LogP contribution in [0, 0.1) is 11.3 Å². The van der Waals surface area contributed by atoms with Crippen LogP contribution in [0.3, 0.4) is 0 Å². The molecule has 0 radical (unpaired) electrons. The molecule has 0 atom stereocenters. The fourth-order valence-corrected chi connectivity index (χ4v) is 8.25. The fraction of sp³-hybridized carbons (Fsp3) is 0.500. The summed E-state index contributed by atoms with van der Waals surface area (Å²) in [5, 5.41) is 18.0. The summed E-state index contributed by atoms with van der Waals surface area (Å²) in [6.45, 7) is 4.20. The van der Waals surface area contributed by atoms with Gasteiger partial charge in [0.25, 0.3) is 6.43 Å². The van der Waals surface area contributed by atoms with E-state index in [1.807, 2.05) is 22.9 Å². The van der Waals surface area contributed by atoms with Crippen LogP contribution in [0.15, 0.2) is 29.4 Å². The van der Waals surface area contributed by atoms with Crippen molar-refractivity contribution in [1.82, 2.24) is 44.2 Å². The van der Waals surface area contributed by atoms with Crippen molar-refractivity contribution >= 4 is 49.3 Å². The number of alkyl halides is 2. The number of urea groups is 1. The molecule has 7 rings (SSSR count). The molecule has 13 nitrogen and oxygen atoms in total. The van der Waals surface area contributed by atoms with Crippen molar-refractivity contribution in [3.05, 3.63) is 35.2 Å². The van der Waals surface area contributed by atoms with Crippen molar-refractivity contribution in [1.29, 1.82) is 5.26 Å². The molecule has 3 aliphatic rings. The largest absolute Gasteiger partial charge is 0.325 e. The van der Waals surface area contributed by atoms with Crippen LogP contribution in [0.2, 0.25) is 0 Å². The number of fused-ring (bicyclic) bond motifs is 3. The first-order valence-electron chi connectivity index (χ1n) is 14.7. The molecule has 4 aromatic rings. The minimum atomic E-state index is -4.08. The van der Waals surface area contributed by atoms with E-state index in [9.17, 15) is 27.3 Å². The van der Waals surface area contributed by atoms with Crippen LogP contribution in [-0.4, -0.2) is 106 Å². The van der Waals surface area contributed by atoms with Gasteiger partial charge < -0.3 is 14.7 Å². The molecular formula is C28H30F2N10O3S2. The molecule has 0 spiro atoms. The Morgan fingerprint density at radius 1 is 1.09 bits per heavy atom. The van der Waals surface area contributed by atoms with Crippen LogP contribution in [0.5, 0.6) is 0 Å². The molecule has 17 heteroatoms. The Balaban J connectivity index is 1.27. The maximum absolute atomic E-state index is 13.5. The summed E-state index contributed by atoms with van der Waals surface area (Å²) in [4.78, 5) is 28.3. The summed E-state index contributed by atoms with van der Waals surface area (Å²) in [5.74, 6) is -0.0208. The summed E-state index contributed by atoms with van der Waals surface area (Å²) in [7, 11) is -2.03. The number of nitriles is 1. The second kappa shape index (κ2) is 11.2. The van der Waals surface area contributed by atoms with Crippen molar-refractivity contribution in [3.63, 3.8) is 0 Å². The number of hydrogen-bond donors (Lipinski definition) is 1. The number of carbonyl (C=O) groups excluding carboxylic acids is 1. The molecule has 3 aromatic heterocycles. The first-order chi connectivity index (χ1) is 21.6. The summed E-state index contributed by atoms with van der Waals surface area (Å²) in [6, 6.07) is 6.63. The topological polar surface area (TPSA) is 153 Å². The molecule has 45 heavy (non-hydrogen) atoms. The Hall–Kier alpha value is -3.85. The lowest BCUT2D eigenvalue weighted by molar-refractivity contribution is 0.113. The number of amides is 2. The summed E-state index contributed by atoms with van der Waals surface area (Å²) in [6.07, 6.45) is 0.760. The first kappa shape index (κ1) is 29.8. The first-order valence-corrected chi connectivity index (χ1v) is 17.0. The zero-order chi connectivity index (χ0) is 31.5. The normalized spacial score (nSPS) is 19.4. The highest BCUT2D eigenvalue weighted by molar-refractivity contribution is 7.89. The van der Waals surface area contributed by atoms with Gasteiger partial charge in [0.2, 0.25) is 15.2 Å². The molecule has 2 amide bonds. The number of likely N-dealkylation sites (tertiary alicyclic amines) is 1. The standard InChI is InChI=1S/C28H30F2N10O3S2/c1-37-10-12-39(13-11-37)27(41)38-8-4-17(5-9-38)22-21-19-3-2-18(45(42,43)36-28(15-31)6-7-28)14-20(19)40(24(21)33-16-32-22)26-35-34-25(44-26)23(29)30/h2-3,14,16-17,23,36H,4-13H2,1H3. The predicted octanol–water partition coefficient (Wildman–Crippen LogP) is 3.24. The fourth-order valence-electron chi connectivity index (χ4n) is 6.13. The number of aromatic nitrogens is 5. The van der Waals surface area contributed by atoms with E-state index in [1.54, 1.807) is 10.6 Å². The lowest BCUT2D eigenvalue weighted by Crippen LogP contribution is -2.53. The van der Waals surface area contributed by atoms with Crippen LogP contribution in [0.4, 0.5) is 13.6 Å². The van der Waals surface area contributed by atoms with E-state index in [0.717, 1.165) is 18.8 Å². The number of nitrogens with one attached hydrogen (secondary N) is 1. The van der Waals surface area contributed by atoms with Crippen molar-refractivity contribution in [3.8, 4) is 11.2 Å². The number of piperidine rings is 1. The molecule has 236 valence electrons. The molecule has 0 unspecified atom stereocenters. The number of likely N-dealkylation sites (N-methyl/N-ethyl adjacent to an activating group) is 1. The van der Waals surface area contributed by atoms with Gasteiger partial charge in [-0.05, 0) is 44.9 Å². The Morgan fingerprint density at radius 3 is 2.44 bits per heavy atom. The number of hydrogen-bond acceptors (Lipinski definition) is 10.